The van der Waals surface area contributed by atoms with Crippen LogP contribution in [0.25, 0.3) is 11.2 Å². The molecule has 33 heavy (non-hydrogen) atoms. The molecule has 5 N–H and O–H groups in total. The summed E-state index contributed by atoms with van der Waals surface area (Å²) in [5.74, 6) is -1.02. The maximum Gasteiger partial charge on any atom is 0.329 e. The molecule has 1 saturated heterocycles. The van der Waals surface area contributed by atoms with E-state index in [4.69, 9.17) is 15.2 Å². The normalized spacial score (nSPS) is 23.4. The molecule has 174 valence electrons. The SMILES string of the molecule is CC(=O)NC(Cc1ccccc1)C(=O)O[C@@H]1[C@@H](O)[C@H](CO)O[C@@H]1n1cnc2c(N)ncnc21. The van der Waals surface area contributed by atoms with Gasteiger partial charge in [-0.05, 0) is 5.56 Å². The van der Waals surface area contributed by atoms with Crippen molar-refractivity contribution in [2.45, 2.75) is 43.9 Å². The lowest BCUT2D eigenvalue weighted by Gasteiger charge is -2.25. The lowest BCUT2D eigenvalue weighted by molar-refractivity contribution is -0.161. The highest BCUT2D eigenvalue weighted by Gasteiger charge is 2.48. The third-order valence-electron chi connectivity index (χ3n) is 5.35. The van der Waals surface area contributed by atoms with Crippen molar-refractivity contribution in [3.05, 3.63) is 48.5 Å². The molecule has 0 radical (unpaired) electrons. The van der Waals surface area contributed by atoms with Crippen LogP contribution in [0.4, 0.5) is 5.82 Å². The van der Waals surface area contributed by atoms with E-state index in [1.807, 2.05) is 30.3 Å². The van der Waals surface area contributed by atoms with Crippen LogP contribution < -0.4 is 11.1 Å². The molecule has 1 amide bonds. The van der Waals surface area contributed by atoms with Crippen LogP contribution in [0.15, 0.2) is 43.0 Å². The number of amides is 1. The number of rotatable bonds is 7. The second-order valence-corrected chi connectivity index (χ2v) is 7.67. The van der Waals surface area contributed by atoms with Gasteiger partial charge in [0.1, 0.15) is 30.1 Å². The van der Waals surface area contributed by atoms with Crippen LogP contribution in [0.2, 0.25) is 0 Å². The summed E-state index contributed by atoms with van der Waals surface area (Å²) in [5.41, 5.74) is 7.28. The molecule has 1 aromatic carbocycles. The van der Waals surface area contributed by atoms with Crippen molar-refractivity contribution < 1.29 is 29.3 Å². The number of ether oxygens (including phenoxy) is 2. The standard InChI is InChI=1S/C21H24N6O6/c1-11(29)26-13(7-12-5-3-2-4-6-12)21(31)33-17-16(30)14(8-28)32-20(17)27-10-25-15-18(22)23-9-24-19(15)27/h2-6,9-10,13-14,16-17,20,28,30H,7-8H2,1H3,(H,26,29)(H2,22,23,24)/t13?,14-,16-,17+,20-/m0/s1. The van der Waals surface area contributed by atoms with Gasteiger partial charge in [0.05, 0.1) is 12.9 Å². The molecule has 12 heteroatoms. The second kappa shape index (κ2) is 9.48. The zero-order valence-electron chi connectivity index (χ0n) is 17.7. The fourth-order valence-corrected chi connectivity index (χ4v) is 3.78. The third kappa shape index (κ3) is 4.62. The van der Waals surface area contributed by atoms with E-state index in [0.717, 1.165) is 5.56 Å². The maximum absolute atomic E-state index is 13.1. The Morgan fingerprint density at radius 2 is 2.03 bits per heavy atom. The minimum absolute atomic E-state index is 0.151. The number of nitrogens with zero attached hydrogens (tertiary/aromatic N) is 4. The first-order chi connectivity index (χ1) is 15.9. The molecule has 1 aliphatic rings. The van der Waals surface area contributed by atoms with Gasteiger partial charge in [-0.1, -0.05) is 30.3 Å². The Hall–Kier alpha value is -3.61. The van der Waals surface area contributed by atoms with Gasteiger partial charge in [-0.15, -0.1) is 0 Å². The van der Waals surface area contributed by atoms with E-state index in [9.17, 15) is 19.8 Å². The van der Waals surface area contributed by atoms with E-state index in [1.54, 1.807) is 0 Å². The third-order valence-corrected chi connectivity index (χ3v) is 5.35. The number of anilines is 1. The van der Waals surface area contributed by atoms with Crippen LogP contribution >= 0.6 is 0 Å². The largest absolute Gasteiger partial charge is 0.453 e. The van der Waals surface area contributed by atoms with Gasteiger partial charge in [-0.3, -0.25) is 9.36 Å². The van der Waals surface area contributed by atoms with Crippen molar-refractivity contribution in [2.24, 2.45) is 0 Å². The molecule has 0 spiro atoms. The summed E-state index contributed by atoms with van der Waals surface area (Å²) >= 11 is 0. The molecule has 12 nitrogen and oxygen atoms in total. The van der Waals surface area contributed by atoms with Crippen LogP contribution in [-0.4, -0.2) is 72.6 Å². The first kappa shape index (κ1) is 22.6. The quantitative estimate of drug-likeness (QED) is 0.333. The number of nitrogens with one attached hydrogen (secondary N) is 1. The molecule has 5 atom stereocenters. The summed E-state index contributed by atoms with van der Waals surface area (Å²) in [6.07, 6.45) is -1.80. The number of aromatic nitrogens is 4. The van der Waals surface area contributed by atoms with Gasteiger partial charge in [-0.25, -0.2) is 19.7 Å². The molecular formula is C21H24N6O6. The molecule has 0 bridgehead atoms. The molecule has 3 heterocycles. The fraction of sp³-hybridized carbons (Fsp3) is 0.381. The Labute approximate surface area is 188 Å². The average Bonchev–Trinajstić information content (AvgIpc) is 3.36. The van der Waals surface area contributed by atoms with Gasteiger partial charge in [0, 0.05) is 13.3 Å². The fourth-order valence-electron chi connectivity index (χ4n) is 3.78. The first-order valence-corrected chi connectivity index (χ1v) is 10.3. The Bertz CT molecular complexity index is 1140. The van der Waals surface area contributed by atoms with Crippen LogP contribution in [0.1, 0.15) is 18.7 Å². The van der Waals surface area contributed by atoms with Crippen LogP contribution in [0, 0.1) is 0 Å². The van der Waals surface area contributed by atoms with Crippen LogP contribution in [-0.2, 0) is 25.5 Å². The lowest BCUT2D eigenvalue weighted by Crippen LogP contribution is -2.46. The lowest BCUT2D eigenvalue weighted by atomic mass is 10.1. The number of hydrogen-bond donors (Lipinski definition) is 4. The van der Waals surface area contributed by atoms with Gasteiger partial charge in [0.25, 0.3) is 0 Å². The summed E-state index contributed by atoms with van der Waals surface area (Å²) in [6, 6.07) is 8.12. The number of esters is 1. The Morgan fingerprint density at radius 3 is 2.73 bits per heavy atom. The monoisotopic (exact) mass is 456 g/mol. The Kier molecular flexibility index (Phi) is 6.49. The molecule has 0 aliphatic carbocycles. The summed E-state index contributed by atoms with van der Waals surface area (Å²) in [4.78, 5) is 37.0. The molecule has 1 fully saturated rings. The summed E-state index contributed by atoms with van der Waals surface area (Å²) < 4.78 is 12.9. The minimum atomic E-state index is -1.34. The van der Waals surface area contributed by atoms with E-state index in [0.29, 0.717) is 11.2 Å². The zero-order valence-corrected chi connectivity index (χ0v) is 17.7. The Balaban J connectivity index is 1.61. The van der Waals surface area contributed by atoms with Gasteiger partial charge in [0.2, 0.25) is 5.91 Å². The minimum Gasteiger partial charge on any atom is -0.453 e. The van der Waals surface area contributed by atoms with Crippen molar-refractivity contribution in [1.82, 2.24) is 24.8 Å². The highest BCUT2D eigenvalue weighted by molar-refractivity contribution is 5.84. The van der Waals surface area contributed by atoms with Crippen LogP contribution in [0.3, 0.4) is 0 Å². The van der Waals surface area contributed by atoms with Gasteiger partial charge in [-0.2, -0.15) is 0 Å². The van der Waals surface area contributed by atoms with Crippen molar-refractivity contribution in [3.8, 4) is 0 Å². The first-order valence-electron chi connectivity index (χ1n) is 10.3. The number of nitrogens with two attached hydrogens (primary N) is 1. The number of nitrogen functional groups attached to an aromatic ring is 1. The van der Waals surface area contributed by atoms with Gasteiger partial charge in [0.15, 0.2) is 23.8 Å². The average molecular weight is 456 g/mol. The van der Waals surface area contributed by atoms with Crippen molar-refractivity contribution in [3.63, 3.8) is 0 Å². The molecule has 3 aromatic rings. The van der Waals surface area contributed by atoms with E-state index >= 15 is 0 Å². The Morgan fingerprint density at radius 1 is 1.27 bits per heavy atom. The molecule has 1 aliphatic heterocycles. The summed E-state index contributed by atoms with van der Waals surface area (Å²) in [7, 11) is 0. The van der Waals surface area contributed by atoms with Gasteiger partial charge >= 0.3 is 5.97 Å². The summed E-state index contributed by atoms with van der Waals surface area (Å²) in [5, 5.41) is 22.9. The number of fused-ring (bicyclic) bond motifs is 1. The molecular weight excluding hydrogens is 432 g/mol. The highest BCUT2D eigenvalue weighted by Crippen LogP contribution is 2.34. The molecule has 1 unspecified atom stereocenters. The van der Waals surface area contributed by atoms with E-state index < -0.39 is 49.1 Å². The highest BCUT2D eigenvalue weighted by atomic mass is 16.6. The number of hydrogen-bond acceptors (Lipinski definition) is 10. The number of aliphatic hydroxyl groups excluding tert-OH is 2. The summed E-state index contributed by atoms with van der Waals surface area (Å²) in [6.45, 7) is 0.791. The number of imidazole rings is 1. The predicted molar refractivity (Wildman–Crippen MR) is 114 cm³/mol. The number of aliphatic hydroxyl groups is 2. The van der Waals surface area contributed by atoms with E-state index in [-0.39, 0.29) is 12.2 Å². The maximum atomic E-state index is 13.1. The number of carbonyl (C=O) groups excluding carboxylic acids is 2. The van der Waals surface area contributed by atoms with Gasteiger partial charge < -0.3 is 30.7 Å². The molecule has 4 rings (SSSR count). The second-order valence-electron chi connectivity index (χ2n) is 7.67. The molecule has 2 aromatic heterocycles. The van der Waals surface area contributed by atoms with Crippen LogP contribution in [0.5, 0.6) is 0 Å². The van der Waals surface area contributed by atoms with E-state index in [2.05, 4.69) is 20.3 Å². The smallest absolute Gasteiger partial charge is 0.329 e. The van der Waals surface area contributed by atoms with Crippen molar-refractivity contribution >= 4 is 28.9 Å². The predicted octanol–water partition coefficient (Wildman–Crippen LogP) is -0.682. The zero-order chi connectivity index (χ0) is 23.5. The van der Waals surface area contributed by atoms with E-state index in [1.165, 1.54) is 24.1 Å². The number of carbonyl (C=O) groups is 2. The van der Waals surface area contributed by atoms with Crippen molar-refractivity contribution in [2.75, 3.05) is 12.3 Å². The van der Waals surface area contributed by atoms with Crippen molar-refractivity contribution in [1.29, 1.82) is 0 Å². The topological polar surface area (TPSA) is 175 Å². The number of benzene rings is 1. The molecule has 0 saturated carbocycles.